The molecule has 0 bridgehead atoms. The van der Waals surface area contributed by atoms with Gasteiger partial charge in [0.05, 0.1) is 42.4 Å². The number of methoxy groups -OCH3 is 2. The number of carbonyl (C=O) groups excluding carboxylic acids is 3. The highest BCUT2D eigenvalue weighted by Crippen LogP contribution is 2.25. The zero-order valence-corrected chi connectivity index (χ0v) is 18.2. The first-order valence-corrected chi connectivity index (χ1v) is 10.2. The van der Waals surface area contributed by atoms with Crippen molar-refractivity contribution in [2.75, 3.05) is 25.3 Å². The van der Waals surface area contributed by atoms with Gasteiger partial charge in [0.15, 0.2) is 11.0 Å². The highest BCUT2D eigenvalue weighted by Gasteiger charge is 2.19. The van der Waals surface area contributed by atoms with E-state index in [1.807, 2.05) is 0 Å². The van der Waals surface area contributed by atoms with Gasteiger partial charge in [-0.25, -0.2) is 14.0 Å². The fourth-order valence-corrected chi connectivity index (χ4v) is 3.53. The fourth-order valence-electron chi connectivity index (χ4n) is 2.81. The van der Waals surface area contributed by atoms with E-state index in [-0.39, 0.29) is 22.6 Å². The molecule has 0 atom stereocenters. The van der Waals surface area contributed by atoms with Gasteiger partial charge >= 0.3 is 11.9 Å². The molecule has 0 unspecified atom stereocenters. The van der Waals surface area contributed by atoms with Crippen LogP contribution >= 0.6 is 11.8 Å². The molecule has 9 nitrogen and oxygen atoms in total. The molecule has 11 heteroatoms. The van der Waals surface area contributed by atoms with Crippen molar-refractivity contribution in [3.63, 3.8) is 0 Å². The van der Waals surface area contributed by atoms with Crippen molar-refractivity contribution in [2.24, 2.45) is 7.05 Å². The van der Waals surface area contributed by atoms with Crippen LogP contribution in [0, 0.1) is 5.82 Å². The van der Waals surface area contributed by atoms with Crippen LogP contribution in [-0.4, -0.2) is 52.6 Å². The number of anilines is 1. The zero-order valence-electron chi connectivity index (χ0n) is 17.4. The summed E-state index contributed by atoms with van der Waals surface area (Å²) in [6.07, 6.45) is 0. The Kier molecular flexibility index (Phi) is 7.21. The lowest BCUT2D eigenvalue weighted by Crippen LogP contribution is -2.18. The number of rotatable bonds is 7. The summed E-state index contributed by atoms with van der Waals surface area (Å²) in [5.74, 6) is -1.94. The maximum Gasteiger partial charge on any atom is 0.339 e. The van der Waals surface area contributed by atoms with Gasteiger partial charge in [-0.3, -0.25) is 4.79 Å². The summed E-state index contributed by atoms with van der Waals surface area (Å²) >= 11 is 1.08. The molecule has 0 saturated heterocycles. The number of amides is 1. The molecule has 0 radical (unpaired) electrons. The summed E-state index contributed by atoms with van der Waals surface area (Å²) in [7, 11) is 4.10. The first-order chi connectivity index (χ1) is 15.3. The van der Waals surface area contributed by atoms with Crippen molar-refractivity contribution in [3.8, 4) is 11.4 Å². The van der Waals surface area contributed by atoms with Gasteiger partial charge in [0.2, 0.25) is 5.91 Å². The largest absolute Gasteiger partial charge is 0.465 e. The number of ether oxygens (including phenoxy) is 2. The van der Waals surface area contributed by atoms with Crippen LogP contribution in [0.15, 0.2) is 47.6 Å². The molecule has 166 valence electrons. The van der Waals surface area contributed by atoms with Gasteiger partial charge in [-0.1, -0.05) is 23.9 Å². The number of hydrogen-bond acceptors (Lipinski definition) is 8. The van der Waals surface area contributed by atoms with Crippen molar-refractivity contribution in [3.05, 3.63) is 59.4 Å². The number of hydrogen-bond donors (Lipinski definition) is 1. The topological polar surface area (TPSA) is 112 Å². The molecule has 32 heavy (non-hydrogen) atoms. The van der Waals surface area contributed by atoms with Crippen molar-refractivity contribution >= 4 is 35.3 Å². The normalized spacial score (nSPS) is 10.5. The maximum absolute atomic E-state index is 14.0. The summed E-state index contributed by atoms with van der Waals surface area (Å²) in [5, 5.41) is 11.0. The number of nitrogens with zero attached hydrogens (tertiary/aromatic N) is 3. The molecule has 0 spiro atoms. The number of thioether (sulfide) groups is 1. The summed E-state index contributed by atoms with van der Waals surface area (Å²) in [6.45, 7) is 0. The smallest absolute Gasteiger partial charge is 0.339 e. The fraction of sp³-hybridized carbons (Fsp3) is 0.190. The van der Waals surface area contributed by atoms with Crippen LogP contribution < -0.4 is 5.32 Å². The van der Waals surface area contributed by atoms with E-state index in [9.17, 15) is 18.8 Å². The molecule has 2 aromatic carbocycles. The molecule has 0 fully saturated rings. The maximum atomic E-state index is 14.0. The van der Waals surface area contributed by atoms with Crippen LogP contribution in [0.3, 0.4) is 0 Å². The van der Waals surface area contributed by atoms with Crippen LogP contribution in [0.25, 0.3) is 11.4 Å². The van der Waals surface area contributed by atoms with Gasteiger partial charge in [-0.05, 0) is 30.3 Å². The summed E-state index contributed by atoms with van der Waals surface area (Å²) in [6, 6.07) is 10.3. The lowest BCUT2D eigenvalue weighted by Gasteiger charge is -2.11. The van der Waals surface area contributed by atoms with E-state index < -0.39 is 23.7 Å². The number of nitrogens with one attached hydrogen (secondary N) is 1. The predicted molar refractivity (Wildman–Crippen MR) is 115 cm³/mol. The second-order valence-corrected chi connectivity index (χ2v) is 7.37. The van der Waals surface area contributed by atoms with Gasteiger partial charge in [0.25, 0.3) is 0 Å². The highest BCUT2D eigenvalue weighted by atomic mass is 32.2. The summed E-state index contributed by atoms with van der Waals surface area (Å²) < 4.78 is 25.0. The zero-order chi connectivity index (χ0) is 23.3. The van der Waals surface area contributed by atoms with Gasteiger partial charge in [-0.2, -0.15) is 0 Å². The number of esters is 2. The Bertz CT molecular complexity index is 1180. The van der Waals surface area contributed by atoms with Crippen LogP contribution in [0.4, 0.5) is 10.1 Å². The third-order valence-corrected chi connectivity index (χ3v) is 5.42. The quantitative estimate of drug-likeness (QED) is 0.425. The lowest BCUT2D eigenvalue weighted by molar-refractivity contribution is -0.113. The van der Waals surface area contributed by atoms with E-state index >= 15 is 0 Å². The van der Waals surface area contributed by atoms with E-state index in [0.29, 0.717) is 16.5 Å². The predicted octanol–water partition coefficient (Wildman–Crippen LogP) is 2.93. The first-order valence-electron chi connectivity index (χ1n) is 9.23. The van der Waals surface area contributed by atoms with Crippen LogP contribution in [-0.2, 0) is 21.3 Å². The van der Waals surface area contributed by atoms with Crippen LogP contribution in [0.2, 0.25) is 0 Å². The molecule has 0 saturated carbocycles. The molecule has 1 amide bonds. The monoisotopic (exact) mass is 458 g/mol. The Morgan fingerprint density at radius 1 is 1.06 bits per heavy atom. The van der Waals surface area contributed by atoms with E-state index in [2.05, 4.69) is 20.3 Å². The first kappa shape index (κ1) is 22.9. The molecule has 0 aliphatic rings. The Balaban J connectivity index is 1.75. The summed E-state index contributed by atoms with van der Waals surface area (Å²) in [4.78, 5) is 36.3. The average molecular weight is 458 g/mol. The second-order valence-electron chi connectivity index (χ2n) is 6.43. The van der Waals surface area contributed by atoms with Crippen molar-refractivity contribution in [2.45, 2.75) is 5.16 Å². The SMILES string of the molecule is COC(=O)c1ccc(C(=O)OC)c(NC(=O)CSc2nnc(-c3ccccc3F)n2C)c1. The highest BCUT2D eigenvalue weighted by molar-refractivity contribution is 7.99. The molecule has 0 aliphatic heterocycles. The molecule has 1 heterocycles. The Morgan fingerprint density at radius 3 is 2.47 bits per heavy atom. The number of carbonyl (C=O) groups is 3. The van der Waals surface area contributed by atoms with E-state index in [4.69, 9.17) is 4.74 Å². The second kappa shape index (κ2) is 10.1. The third kappa shape index (κ3) is 4.94. The Hall–Kier alpha value is -3.73. The Morgan fingerprint density at radius 2 is 1.78 bits per heavy atom. The standard InChI is InChI=1S/C21H19FN4O5S/c1-26-18(13-6-4-5-7-15(13)22)24-25-21(26)32-11-17(27)23-16-10-12(19(28)30-2)8-9-14(16)20(29)31-3/h4-10H,11H2,1-3H3,(H,23,27). The van der Waals surface area contributed by atoms with Gasteiger partial charge in [-0.15, -0.1) is 10.2 Å². The molecule has 0 aliphatic carbocycles. The van der Waals surface area contributed by atoms with Crippen molar-refractivity contribution < 1.29 is 28.2 Å². The van der Waals surface area contributed by atoms with Gasteiger partial charge in [0, 0.05) is 7.05 Å². The van der Waals surface area contributed by atoms with Gasteiger partial charge < -0.3 is 19.4 Å². The average Bonchev–Trinajstić information content (AvgIpc) is 3.16. The van der Waals surface area contributed by atoms with Gasteiger partial charge in [0.1, 0.15) is 5.82 Å². The molecular weight excluding hydrogens is 439 g/mol. The van der Waals surface area contributed by atoms with Crippen molar-refractivity contribution in [1.29, 1.82) is 0 Å². The number of benzene rings is 2. The van der Waals surface area contributed by atoms with Crippen molar-refractivity contribution in [1.82, 2.24) is 14.8 Å². The molecule has 3 rings (SSSR count). The molecule has 1 aromatic heterocycles. The molecular formula is C21H19FN4O5S. The minimum atomic E-state index is -0.674. The van der Waals surface area contributed by atoms with E-state index in [1.54, 1.807) is 29.8 Å². The number of aromatic nitrogens is 3. The van der Waals surface area contributed by atoms with Crippen LogP contribution in [0.5, 0.6) is 0 Å². The van der Waals surface area contributed by atoms with E-state index in [1.165, 1.54) is 38.5 Å². The third-order valence-electron chi connectivity index (χ3n) is 4.40. The van der Waals surface area contributed by atoms with Crippen LogP contribution in [0.1, 0.15) is 20.7 Å². The number of halogens is 1. The summed E-state index contributed by atoms with van der Waals surface area (Å²) in [5.41, 5.74) is 0.640. The van der Waals surface area contributed by atoms with E-state index in [0.717, 1.165) is 11.8 Å². The minimum absolute atomic E-state index is 0.0771. The lowest BCUT2D eigenvalue weighted by atomic mass is 10.1. The minimum Gasteiger partial charge on any atom is -0.465 e. The molecule has 3 aromatic rings. The Labute approximate surface area is 186 Å². The molecule has 1 N–H and O–H groups in total.